The first-order valence-corrected chi connectivity index (χ1v) is 10.7. The zero-order valence-corrected chi connectivity index (χ0v) is 18.5. The predicted octanol–water partition coefficient (Wildman–Crippen LogP) is 2.48. The van der Waals surface area contributed by atoms with E-state index in [9.17, 15) is 4.79 Å². The molecular weight excluding hydrogens is 392 g/mol. The molecule has 0 aromatic carbocycles. The molecule has 0 saturated heterocycles. The van der Waals surface area contributed by atoms with Gasteiger partial charge in [-0.2, -0.15) is 0 Å². The van der Waals surface area contributed by atoms with Crippen LogP contribution in [0.4, 0.5) is 11.6 Å². The third-order valence-electron chi connectivity index (χ3n) is 5.62. The van der Waals surface area contributed by atoms with Gasteiger partial charge < -0.3 is 14.8 Å². The van der Waals surface area contributed by atoms with E-state index in [0.717, 1.165) is 36.7 Å². The molecule has 1 amide bonds. The number of carbonyl (C=O) groups excluding carboxylic acids is 1. The van der Waals surface area contributed by atoms with Crippen LogP contribution in [0.25, 0.3) is 11.5 Å². The van der Waals surface area contributed by atoms with E-state index in [1.54, 1.807) is 11.2 Å². The molecule has 0 fully saturated rings. The lowest BCUT2D eigenvalue weighted by Gasteiger charge is -2.21. The third-order valence-corrected chi connectivity index (χ3v) is 5.62. The Morgan fingerprint density at radius 3 is 2.68 bits per heavy atom. The maximum Gasteiger partial charge on any atom is 0.260 e. The van der Waals surface area contributed by atoms with E-state index in [2.05, 4.69) is 34.3 Å². The summed E-state index contributed by atoms with van der Waals surface area (Å²) in [5.41, 5.74) is 3.25. The van der Waals surface area contributed by atoms with Crippen molar-refractivity contribution in [3.63, 3.8) is 0 Å². The Balaban J connectivity index is 1.72. The number of aryl methyl sites for hydroxylation is 1. The largest absolute Gasteiger partial charge is 0.357 e. The Morgan fingerprint density at radius 2 is 1.97 bits per heavy atom. The molecule has 0 bridgehead atoms. The number of pyridine rings is 2. The normalized spacial score (nSPS) is 13.0. The van der Waals surface area contributed by atoms with Crippen LogP contribution in [0.2, 0.25) is 0 Å². The maximum atomic E-state index is 13.4. The number of anilines is 2. The fraction of sp³-hybridized carbons (Fsp3) is 0.409. The summed E-state index contributed by atoms with van der Waals surface area (Å²) in [6.07, 6.45) is 1.69. The molecule has 0 unspecified atom stereocenters. The van der Waals surface area contributed by atoms with E-state index < -0.39 is 0 Å². The van der Waals surface area contributed by atoms with Crippen molar-refractivity contribution in [1.82, 2.24) is 30.0 Å². The van der Waals surface area contributed by atoms with Crippen molar-refractivity contribution >= 4 is 17.5 Å². The highest BCUT2D eigenvalue weighted by Gasteiger charge is 2.33. The van der Waals surface area contributed by atoms with E-state index >= 15 is 0 Å². The molecule has 0 spiro atoms. The highest BCUT2D eigenvalue weighted by molar-refractivity contribution is 6.10. The van der Waals surface area contributed by atoms with E-state index in [-0.39, 0.29) is 5.91 Å². The zero-order valence-electron chi connectivity index (χ0n) is 18.5. The van der Waals surface area contributed by atoms with Gasteiger partial charge in [0.1, 0.15) is 23.7 Å². The molecule has 9 nitrogen and oxygen atoms in total. The van der Waals surface area contributed by atoms with Gasteiger partial charge in [-0.15, -0.1) is 10.2 Å². The molecule has 4 rings (SSSR count). The molecule has 162 valence electrons. The molecule has 1 aliphatic heterocycles. The Morgan fingerprint density at radius 1 is 1.16 bits per heavy atom. The Labute approximate surface area is 182 Å². The second kappa shape index (κ2) is 8.81. The van der Waals surface area contributed by atoms with E-state index in [4.69, 9.17) is 9.97 Å². The fourth-order valence-electron chi connectivity index (χ4n) is 3.94. The van der Waals surface area contributed by atoms with E-state index in [0.29, 0.717) is 36.0 Å². The minimum Gasteiger partial charge on any atom is -0.357 e. The number of hydrogen-bond acceptors (Lipinski definition) is 7. The van der Waals surface area contributed by atoms with Crippen LogP contribution in [0.15, 0.2) is 30.6 Å². The molecule has 3 aromatic rings. The lowest BCUT2D eigenvalue weighted by Crippen LogP contribution is -2.25. The summed E-state index contributed by atoms with van der Waals surface area (Å²) >= 11 is 0. The van der Waals surface area contributed by atoms with Crippen LogP contribution in [0.1, 0.15) is 42.4 Å². The summed E-state index contributed by atoms with van der Waals surface area (Å²) in [4.78, 5) is 26.9. The first-order chi connectivity index (χ1) is 15.1. The zero-order chi connectivity index (χ0) is 22.0. The van der Waals surface area contributed by atoms with Crippen LogP contribution in [-0.2, 0) is 19.6 Å². The first-order valence-electron chi connectivity index (χ1n) is 10.7. The number of amides is 1. The van der Waals surface area contributed by atoms with Gasteiger partial charge in [-0.25, -0.2) is 9.97 Å². The third kappa shape index (κ3) is 3.76. The summed E-state index contributed by atoms with van der Waals surface area (Å²) in [5, 5.41) is 11.4. The standard InChI is InChI=1S/C22H28N8O/c1-5-28(6-2)20-11-15-16(18(26-20)12-23-4)13-30(22(15)31)19-10-8-9-17(25-19)21-27-24-14-29(21)7-3/h8-11,14,23H,5-7,12-13H2,1-4H3. The molecule has 3 aromatic heterocycles. The molecule has 0 radical (unpaired) electrons. The molecule has 0 saturated carbocycles. The smallest absolute Gasteiger partial charge is 0.260 e. The topological polar surface area (TPSA) is 92.1 Å². The van der Waals surface area contributed by atoms with Crippen LogP contribution >= 0.6 is 0 Å². The first kappa shape index (κ1) is 20.9. The van der Waals surface area contributed by atoms with Crippen LogP contribution in [0.5, 0.6) is 0 Å². The second-order valence-corrected chi connectivity index (χ2v) is 7.37. The van der Waals surface area contributed by atoms with Gasteiger partial charge >= 0.3 is 0 Å². The van der Waals surface area contributed by atoms with Gasteiger partial charge in [-0.3, -0.25) is 9.69 Å². The van der Waals surface area contributed by atoms with E-state index in [1.165, 1.54) is 0 Å². The van der Waals surface area contributed by atoms with Gasteiger partial charge in [0, 0.05) is 31.7 Å². The summed E-state index contributed by atoms with van der Waals surface area (Å²) in [6.45, 7) is 9.68. The summed E-state index contributed by atoms with van der Waals surface area (Å²) < 4.78 is 1.93. The van der Waals surface area contributed by atoms with Crippen molar-refractivity contribution in [1.29, 1.82) is 0 Å². The minimum absolute atomic E-state index is 0.0511. The van der Waals surface area contributed by atoms with Crippen LogP contribution in [0.3, 0.4) is 0 Å². The second-order valence-electron chi connectivity index (χ2n) is 7.37. The summed E-state index contributed by atoms with van der Waals surface area (Å²) in [6, 6.07) is 7.56. The Kier molecular flexibility index (Phi) is 5.94. The molecule has 1 N–H and O–H groups in total. The number of nitrogens with zero attached hydrogens (tertiary/aromatic N) is 7. The Hall–Kier alpha value is -3.33. The highest BCUT2D eigenvalue weighted by Crippen LogP contribution is 2.32. The van der Waals surface area contributed by atoms with Crippen LogP contribution in [-0.4, -0.2) is 50.8 Å². The number of nitrogens with one attached hydrogen (secondary N) is 1. The van der Waals surface area contributed by atoms with Crippen molar-refractivity contribution < 1.29 is 4.79 Å². The van der Waals surface area contributed by atoms with Crippen LogP contribution < -0.4 is 15.1 Å². The lowest BCUT2D eigenvalue weighted by molar-refractivity contribution is 0.0996. The molecule has 9 heteroatoms. The van der Waals surface area contributed by atoms with Gasteiger partial charge in [0.15, 0.2) is 5.82 Å². The molecule has 0 aliphatic carbocycles. The minimum atomic E-state index is -0.0511. The van der Waals surface area contributed by atoms with Crippen LogP contribution in [0, 0.1) is 0 Å². The number of rotatable bonds is 8. The summed E-state index contributed by atoms with van der Waals surface area (Å²) in [5.74, 6) is 2.07. The van der Waals surface area contributed by atoms with Gasteiger partial charge in [0.25, 0.3) is 5.91 Å². The Bertz CT molecular complexity index is 1090. The monoisotopic (exact) mass is 420 g/mol. The number of hydrogen-bond donors (Lipinski definition) is 1. The highest BCUT2D eigenvalue weighted by atomic mass is 16.2. The fourth-order valence-corrected chi connectivity index (χ4v) is 3.94. The maximum absolute atomic E-state index is 13.4. The molecule has 0 atom stereocenters. The summed E-state index contributed by atoms with van der Waals surface area (Å²) in [7, 11) is 1.89. The molecule has 4 heterocycles. The van der Waals surface area contributed by atoms with Crippen molar-refractivity contribution in [2.45, 2.75) is 40.4 Å². The molecule has 31 heavy (non-hydrogen) atoms. The lowest BCUT2D eigenvalue weighted by atomic mass is 10.1. The van der Waals surface area contributed by atoms with Gasteiger partial charge in [-0.05, 0) is 46.0 Å². The van der Waals surface area contributed by atoms with E-state index in [1.807, 2.05) is 42.8 Å². The number of fused-ring (bicyclic) bond motifs is 1. The SMILES string of the molecule is CCN(CC)c1cc2c(c(CNC)n1)CN(c1cccc(-c3nncn3CC)n1)C2=O. The van der Waals surface area contributed by atoms with Gasteiger partial charge in [0.2, 0.25) is 0 Å². The van der Waals surface area contributed by atoms with Crippen molar-refractivity contribution in [2.24, 2.45) is 0 Å². The quantitative estimate of drug-likeness (QED) is 0.598. The van der Waals surface area contributed by atoms with Gasteiger partial charge in [-0.1, -0.05) is 6.07 Å². The molecule has 1 aliphatic rings. The molecular formula is C22H28N8O. The van der Waals surface area contributed by atoms with Crippen molar-refractivity contribution in [3.8, 4) is 11.5 Å². The predicted molar refractivity (Wildman–Crippen MR) is 120 cm³/mol. The average Bonchev–Trinajstić information content (AvgIpc) is 3.40. The van der Waals surface area contributed by atoms with Gasteiger partial charge in [0.05, 0.1) is 17.8 Å². The average molecular weight is 421 g/mol. The number of carbonyl (C=O) groups is 1. The number of aromatic nitrogens is 5. The van der Waals surface area contributed by atoms with Crippen molar-refractivity contribution in [3.05, 3.63) is 47.4 Å². The van der Waals surface area contributed by atoms with Crippen molar-refractivity contribution in [2.75, 3.05) is 29.9 Å².